The van der Waals surface area contributed by atoms with E-state index >= 15 is 0 Å². The molecular formula is C14H23N3O2. The van der Waals surface area contributed by atoms with E-state index in [0.29, 0.717) is 18.2 Å². The third kappa shape index (κ3) is 4.22. The molecule has 106 valence electrons. The number of ether oxygens (including phenoxy) is 2. The Bertz CT molecular complexity index is 435. The van der Waals surface area contributed by atoms with E-state index in [1.807, 2.05) is 19.2 Å². The molecule has 0 saturated heterocycles. The highest BCUT2D eigenvalue weighted by Gasteiger charge is 2.13. The van der Waals surface area contributed by atoms with Crippen molar-refractivity contribution in [2.24, 2.45) is 5.73 Å². The van der Waals surface area contributed by atoms with E-state index in [1.54, 1.807) is 20.3 Å². The topological polar surface area (TPSA) is 71.6 Å². The molecule has 0 spiro atoms. The molecule has 0 radical (unpaired) electrons. The van der Waals surface area contributed by atoms with E-state index in [2.05, 4.69) is 11.8 Å². The summed E-state index contributed by atoms with van der Waals surface area (Å²) in [5.41, 5.74) is 7.25. The van der Waals surface area contributed by atoms with E-state index in [9.17, 15) is 0 Å². The normalized spacial score (nSPS) is 12.5. The maximum absolute atomic E-state index is 7.50. The molecule has 0 bridgehead atoms. The predicted octanol–water partition coefficient (Wildman–Crippen LogP) is 1.45. The third-order valence-corrected chi connectivity index (χ3v) is 3.17. The molecule has 0 heterocycles. The van der Waals surface area contributed by atoms with Gasteiger partial charge in [0.05, 0.1) is 13.7 Å². The Labute approximate surface area is 114 Å². The first kappa shape index (κ1) is 15.5. The number of benzene rings is 1. The van der Waals surface area contributed by atoms with Crippen LogP contribution in [0.25, 0.3) is 0 Å². The minimum atomic E-state index is 0.0662. The van der Waals surface area contributed by atoms with Gasteiger partial charge in [-0.2, -0.15) is 0 Å². The number of hydrogen-bond donors (Lipinski definition) is 2. The number of methoxy groups -OCH3 is 2. The Kier molecular flexibility index (Phi) is 5.79. The predicted molar refractivity (Wildman–Crippen MR) is 76.8 cm³/mol. The first-order valence-electron chi connectivity index (χ1n) is 6.20. The van der Waals surface area contributed by atoms with Gasteiger partial charge in [-0.3, -0.25) is 10.3 Å². The van der Waals surface area contributed by atoms with Crippen LogP contribution in [-0.4, -0.2) is 44.7 Å². The molecule has 5 heteroatoms. The molecule has 1 aromatic rings. The number of nitrogens with two attached hydrogens (primary N) is 1. The fourth-order valence-electron chi connectivity index (χ4n) is 1.86. The Morgan fingerprint density at radius 1 is 1.42 bits per heavy atom. The lowest BCUT2D eigenvalue weighted by molar-refractivity contribution is 0.111. The molecule has 1 atom stereocenters. The Balaban J connectivity index is 2.91. The second kappa shape index (κ2) is 7.11. The number of amidine groups is 1. The summed E-state index contributed by atoms with van der Waals surface area (Å²) < 4.78 is 10.5. The van der Waals surface area contributed by atoms with Crippen molar-refractivity contribution in [2.75, 3.05) is 27.9 Å². The molecule has 19 heavy (non-hydrogen) atoms. The van der Waals surface area contributed by atoms with Crippen LogP contribution in [0.5, 0.6) is 5.75 Å². The van der Waals surface area contributed by atoms with Crippen molar-refractivity contribution in [3.8, 4) is 5.75 Å². The van der Waals surface area contributed by atoms with Gasteiger partial charge in [-0.1, -0.05) is 0 Å². The lowest BCUT2D eigenvalue weighted by Crippen LogP contribution is -2.32. The van der Waals surface area contributed by atoms with E-state index in [-0.39, 0.29) is 5.84 Å². The molecule has 5 nitrogen and oxygen atoms in total. The lowest BCUT2D eigenvalue weighted by Gasteiger charge is -2.25. The van der Waals surface area contributed by atoms with Gasteiger partial charge in [0.15, 0.2) is 0 Å². The van der Waals surface area contributed by atoms with Crippen LogP contribution in [-0.2, 0) is 11.3 Å². The number of hydrogen-bond acceptors (Lipinski definition) is 4. The summed E-state index contributed by atoms with van der Waals surface area (Å²) in [6, 6.07) is 5.84. The highest BCUT2D eigenvalue weighted by atomic mass is 16.5. The summed E-state index contributed by atoms with van der Waals surface area (Å²) in [6.45, 7) is 3.49. The lowest BCUT2D eigenvalue weighted by atomic mass is 10.1. The molecule has 3 N–H and O–H groups in total. The van der Waals surface area contributed by atoms with Gasteiger partial charge in [0.2, 0.25) is 0 Å². The largest absolute Gasteiger partial charge is 0.496 e. The molecule has 1 rings (SSSR count). The fourth-order valence-corrected chi connectivity index (χ4v) is 1.86. The second-order valence-corrected chi connectivity index (χ2v) is 4.66. The molecule has 0 fully saturated rings. The van der Waals surface area contributed by atoms with Gasteiger partial charge in [-0.25, -0.2) is 0 Å². The number of likely N-dealkylation sites (N-methyl/N-ethyl adjacent to an activating group) is 1. The smallest absolute Gasteiger partial charge is 0.123 e. The maximum atomic E-state index is 7.50. The number of nitrogens with zero attached hydrogens (tertiary/aromatic N) is 1. The molecule has 0 aliphatic heterocycles. The molecule has 1 aromatic carbocycles. The first-order valence-corrected chi connectivity index (χ1v) is 6.20. The molecule has 0 saturated carbocycles. The average molecular weight is 265 g/mol. The van der Waals surface area contributed by atoms with Gasteiger partial charge in [-0.15, -0.1) is 0 Å². The van der Waals surface area contributed by atoms with Gasteiger partial charge in [0.25, 0.3) is 0 Å². The zero-order chi connectivity index (χ0) is 14.4. The molecule has 0 aromatic heterocycles. The summed E-state index contributed by atoms with van der Waals surface area (Å²) in [5, 5.41) is 7.50. The zero-order valence-corrected chi connectivity index (χ0v) is 12.1. The van der Waals surface area contributed by atoms with Crippen molar-refractivity contribution >= 4 is 5.84 Å². The van der Waals surface area contributed by atoms with E-state index in [1.165, 1.54) is 0 Å². The summed E-state index contributed by atoms with van der Waals surface area (Å²) >= 11 is 0. The Morgan fingerprint density at radius 3 is 2.63 bits per heavy atom. The van der Waals surface area contributed by atoms with Crippen LogP contribution in [0.4, 0.5) is 0 Å². The van der Waals surface area contributed by atoms with Crippen LogP contribution >= 0.6 is 0 Å². The van der Waals surface area contributed by atoms with Crippen molar-refractivity contribution in [2.45, 2.75) is 19.5 Å². The molecule has 1 unspecified atom stereocenters. The van der Waals surface area contributed by atoms with E-state index in [0.717, 1.165) is 17.9 Å². The van der Waals surface area contributed by atoms with Gasteiger partial charge >= 0.3 is 0 Å². The standard InChI is InChI=1S/C14H23N3O2/c1-10(9-18-3)17(2)8-12-7-11(14(15)16)5-6-13(12)19-4/h5-7,10H,8-9H2,1-4H3,(H3,15,16). The quantitative estimate of drug-likeness (QED) is 0.578. The molecular weight excluding hydrogens is 242 g/mol. The number of rotatable bonds is 7. The molecule has 0 aliphatic carbocycles. The van der Waals surface area contributed by atoms with Gasteiger partial charge < -0.3 is 15.2 Å². The van der Waals surface area contributed by atoms with Crippen LogP contribution < -0.4 is 10.5 Å². The first-order chi connectivity index (χ1) is 8.99. The highest BCUT2D eigenvalue weighted by Crippen LogP contribution is 2.21. The Hall–Kier alpha value is -1.59. The van der Waals surface area contributed by atoms with E-state index < -0.39 is 0 Å². The number of nitrogens with one attached hydrogen (secondary N) is 1. The van der Waals surface area contributed by atoms with Crippen molar-refractivity contribution in [3.05, 3.63) is 29.3 Å². The van der Waals surface area contributed by atoms with Crippen LogP contribution in [0.3, 0.4) is 0 Å². The van der Waals surface area contributed by atoms with Gasteiger partial charge in [0, 0.05) is 30.8 Å². The average Bonchev–Trinajstić information content (AvgIpc) is 2.38. The monoisotopic (exact) mass is 265 g/mol. The third-order valence-electron chi connectivity index (χ3n) is 3.17. The minimum absolute atomic E-state index is 0.0662. The fraction of sp³-hybridized carbons (Fsp3) is 0.500. The number of nitrogen functional groups attached to an aromatic ring is 1. The SMILES string of the molecule is COCC(C)N(C)Cc1cc(C(=N)N)ccc1OC. The minimum Gasteiger partial charge on any atom is -0.496 e. The van der Waals surface area contributed by atoms with Crippen LogP contribution in [0.15, 0.2) is 18.2 Å². The van der Waals surface area contributed by atoms with Crippen LogP contribution in [0.1, 0.15) is 18.1 Å². The summed E-state index contributed by atoms with van der Waals surface area (Å²) in [4.78, 5) is 2.17. The molecule has 0 amide bonds. The van der Waals surface area contributed by atoms with Crippen molar-refractivity contribution in [1.29, 1.82) is 5.41 Å². The van der Waals surface area contributed by atoms with Crippen LogP contribution in [0, 0.1) is 5.41 Å². The van der Waals surface area contributed by atoms with E-state index in [4.69, 9.17) is 20.6 Å². The highest BCUT2D eigenvalue weighted by molar-refractivity contribution is 5.95. The van der Waals surface area contributed by atoms with Crippen molar-refractivity contribution < 1.29 is 9.47 Å². The van der Waals surface area contributed by atoms with Gasteiger partial charge in [-0.05, 0) is 32.2 Å². The summed E-state index contributed by atoms with van der Waals surface area (Å²) in [5.74, 6) is 0.873. The zero-order valence-electron chi connectivity index (χ0n) is 12.1. The Morgan fingerprint density at radius 2 is 2.11 bits per heavy atom. The van der Waals surface area contributed by atoms with Crippen molar-refractivity contribution in [1.82, 2.24) is 4.90 Å². The maximum Gasteiger partial charge on any atom is 0.123 e. The summed E-state index contributed by atoms with van der Waals surface area (Å²) in [7, 11) is 5.37. The van der Waals surface area contributed by atoms with Gasteiger partial charge in [0.1, 0.15) is 11.6 Å². The second-order valence-electron chi connectivity index (χ2n) is 4.66. The summed E-state index contributed by atoms with van der Waals surface area (Å²) in [6.07, 6.45) is 0. The van der Waals surface area contributed by atoms with Crippen LogP contribution in [0.2, 0.25) is 0 Å². The van der Waals surface area contributed by atoms with Crippen molar-refractivity contribution in [3.63, 3.8) is 0 Å². The molecule has 0 aliphatic rings.